The van der Waals surface area contributed by atoms with Crippen LogP contribution in [0.1, 0.15) is 33.5 Å². The van der Waals surface area contributed by atoms with Crippen molar-refractivity contribution in [2.75, 3.05) is 48.1 Å². The standard InChI is InChI=1S/C24H30INO7/c1-16-13-18(14-20(23(16)31-4)24(27)32-5)19(7-6-10-26-11-12-33-25-28)17-8-9-21(29-2)22(15-17)30-3/h7-9,13-15,26H,6,10-12H2,1-5H3/b19-7+. The van der Waals surface area contributed by atoms with E-state index in [1.54, 1.807) is 20.3 Å². The third-order valence-corrected chi connectivity index (χ3v) is 5.65. The van der Waals surface area contributed by atoms with E-state index in [4.69, 9.17) is 22.0 Å². The Labute approximate surface area is 206 Å². The molecule has 0 fully saturated rings. The van der Waals surface area contributed by atoms with Crippen molar-refractivity contribution in [3.8, 4) is 17.2 Å². The zero-order valence-electron chi connectivity index (χ0n) is 19.5. The Morgan fingerprint density at radius 1 is 1.00 bits per heavy atom. The van der Waals surface area contributed by atoms with Crippen LogP contribution in [0.2, 0.25) is 0 Å². The maximum absolute atomic E-state index is 12.4. The molecule has 180 valence electrons. The van der Waals surface area contributed by atoms with Gasteiger partial charge in [0.1, 0.15) is 17.9 Å². The Bertz CT molecular complexity index is 962. The largest absolute Gasteiger partial charge is 0.567 e. The number of aryl methyl sites for hydroxylation is 1. The lowest BCUT2D eigenvalue weighted by Crippen LogP contribution is -3.70. The molecule has 0 aliphatic rings. The summed E-state index contributed by atoms with van der Waals surface area (Å²) in [7, 11) is 6.06. The molecule has 0 atom stereocenters. The van der Waals surface area contributed by atoms with Crippen LogP contribution in [0.15, 0.2) is 36.4 Å². The predicted octanol–water partition coefficient (Wildman–Crippen LogP) is -0.485. The van der Waals surface area contributed by atoms with E-state index in [2.05, 4.69) is 11.4 Å². The molecule has 0 heterocycles. The molecule has 0 radical (unpaired) electrons. The topological polar surface area (TPSA) is 98.3 Å². The van der Waals surface area contributed by atoms with Gasteiger partial charge in [-0.05, 0) is 66.4 Å². The minimum atomic E-state index is -1.39. The van der Waals surface area contributed by atoms with Gasteiger partial charge in [-0.15, -0.1) is 3.07 Å². The summed E-state index contributed by atoms with van der Waals surface area (Å²) in [5, 5.41) is 3.26. The number of methoxy groups -OCH3 is 4. The minimum absolute atomic E-state index is 0.359. The normalized spacial score (nSPS) is 11.3. The smallest absolute Gasteiger partial charge is 0.452 e. The van der Waals surface area contributed by atoms with Gasteiger partial charge in [0.05, 0.1) is 28.4 Å². The number of hydrogen-bond acceptors (Lipinski definition) is 8. The summed E-state index contributed by atoms with van der Waals surface area (Å²) in [6.45, 7) is 3.64. The number of benzene rings is 2. The molecule has 0 amide bonds. The van der Waals surface area contributed by atoms with E-state index in [-0.39, 0.29) is 0 Å². The lowest BCUT2D eigenvalue weighted by molar-refractivity contribution is -1.27. The summed E-state index contributed by atoms with van der Waals surface area (Å²) in [5.41, 5.74) is 3.86. The lowest BCUT2D eigenvalue weighted by atomic mass is 9.93. The van der Waals surface area contributed by atoms with Crippen molar-refractivity contribution in [3.05, 3.63) is 58.7 Å². The molecular formula is C24H30INO7. The zero-order valence-corrected chi connectivity index (χ0v) is 21.7. The Morgan fingerprint density at radius 3 is 2.39 bits per heavy atom. The zero-order chi connectivity index (χ0) is 24.2. The number of halogens is 1. The third-order valence-electron chi connectivity index (χ3n) is 4.96. The monoisotopic (exact) mass is 571 g/mol. The fourth-order valence-corrected chi connectivity index (χ4v) is 3.85. The van der Waals surface area contributed by atoms with Crippen LogP contribution in [-0.4, -0.2) is 54.1 Å². The van der Waals surface area contributed by atoms with Crippen molar-refractivity contribution < 1.29 is 52.3 Å². The first kappa shape index (κ1) is 26.9. The highest BCUT2D eigenvalue weighted by molar-refractivity contribution is 5.95. The molecule has 2 aromatic carbocycles. The summed E-state index contributed by atoms with van der Waals surface area (Å²) in [4.78, 5) is 12.4. The van der Waals surface area contributed by atoms with Gasteiger partial charge in [0.2, 0.25) is 0 Å². The molecule has 1 N–H and O–H groups in total. The Kier molecular flexibility index (Phi) is 11.4. The first-order valence-electron chi connectivity index (χ1n) is 10.3. The Balaban J connectivity index is 2.48. The van der Waals surface area contributed by atoms with Crippen molar-refractivity contribution in [2.45, 2.75) is 13.3 Å². The third kappa shape index (κ3) is 7.32. The number of carbonyl (C=O) groups excluding carboxylic acids is 1. The number of nitrogens with one attached hydrogen (secondary N) is 1. The molecule has 0 aromatic heterocycles. The summed E-state index contributed by atoms with van der Waals surface area (Å²) in [6.07, 6.45) is 2.81. The van der Waals surface area contributed by atoms with Crippen molar-refractivity contribution in [2.24, 2.45) is 0 Å². The van der Waals surface area contributed by atoms with E-state index < -0.39 is 28.0 Å². The first-order chi connectivity index (χ1) is 16.0. The fourth-order valence-electron chi connectivity index (χ4n) is 3.45. The highest BCUT2D eigenvalue weighted by Gasteiger charge is 2.19. The predicted molar refractivity (Wildman–Crippen MR) is 119 cm³/mol. The van der Waals surface area contributed by atoms with E-state index in [0.29, 0.717) is 42.5 Å². The van der Waals surface area contributed by atoms with E-state index in [9.17, 15) is 8.23 Å². The van der Waals surface area contributed by atoms with Gasteiger partial charge >= 0.3 is 28.0 Å². The number of ether oxygens (including phenoxy) is 4. The Hall–Kier alpha value is -2.34. The van der Waals surface area contributed by atoms with E-state index >= 15 is 0 Å². The van der Waals surface area contributed by atoms with E-state index in [1.165, 1.54) is 14.2 Å². The summed E-state index contributed by atoms with van der Waals surface area (Å²) >= 11 is -1.39. The van der Waals surface area contributed by atoms with Gasteiger partial charge in [0.15, 0.2) is 11.5 Å². The Morgan fingerprint density at radius 2 is 1.76 bits per heavy atom. The maximum Gasteiger partial charge on any atom is 0.452 e. The van der Waals surface area contributed by atoms with Crippen LogP contribution < -0.4 is 45.0 Å². The van der Waals surface area contributed by atoms with Gasteiger partial charge in [0.25, 0.3) is 0 Å². The van der Waals surface area contributed by atoms with Gasteiger partial charge in [-0.1, -0.05) is 12.1 Å². The van der Waals surface area contributed by atoms with Crippen molar-refractivity contribution >= 4 is 11.5 Å². The fraction of sp³-hybridized carbons (Fsp3) is 0.375. The summed E-state index contributed by atoms with van der Waals surface area (Å²) in [6, 6.07) is 9.46. The molecule has 0 spiro atoms. The SMILES string of the molecule is COC(=O)c1cc(/C(=C/CCNCCO[I+][O-])c2ccc(OC)c(OC)c2)cc(C)c1OC. The van der Waals surface area contributed by atoms with Crippen LogP contribution in [0, 0.1) is 6.92 Å². The van der Waals surface area contributed by atoms with E-state index in [0.717, 1.165) is 28.7 Å². The van der Waals surface area contributed by atoms with Crippen LogP contribution >= 0.6 is 0 Å². The molecule has 0 aliphatic carbocycles. The van der Waals surface area contributed by atoms with Gasteiger partial charge in [0, 0.05) is 6.54 Å². The molecule has 0 bridgehead atoms. The maximum atomic E-state index is 12.4. The van der Waals surface area contributed by atoms with Crippen LogP contribution in [0.4, 0.5) is 0 Å². The lowest BCUT2D eigenvalue weighted by Gasteiger charge is -2.17. The number of hydrogen-bond donors (Lipinski definition) is 1. The number of esters is 1. The second-order valence-electron chi connectivity index (χ2n) is 6.97. The van der Waals surface area contributed by atoms with Crippen molar-refractivity contribution in [1.82, 2.24) is 5.32 Å². The molecule has 0 saturated carbocycles. The van der Waals surface area contributed by atoms with Crippen molar-refractivity contribution in [1.29, 1.82) is 0 Å². The van der Waals surface area contributed by atoms with E-state index in [1.807, 2.05) is 31.2 Å². The second kappa shape index (κ2) is 14.0. The van der Waals surface area contributed by atoms with Gasteiger partial charge in [-0.2, -0.15) is 0 Å². The average Bonchev–Trinajstić information content (AvgIpc) is 2.84. The van der Waals surface area contributed by atoms with Gasteiger partial charge in [-0.3, -0.25) is 0 Å². The molecular weight excluding hydrogens is 541 g/mol. The quantitative estimate of drug-likeness (QED) is 0.196. The molecule has 2 rings (SSSR count). The van der Waals surface area contributed by atoms with Crippen LogP contribution in [0.5, 0.6) is 17.2 Å². The molecule has 33 heavy (non-hydrogen) atoms. The molecule has 0 aliphatic heterocycles. The van der Waals surface area contributed by atoms with Crippen LogP contribution in [0.25, 0.3) is 5.57 Å². The average molecular weight is 571 g/mol. The highest BCUT2D eigenvalue weighted by Crippen LogP contribution is 2.36. The first-order valence-corrected chi connectivity index (χ1v) is 12.1. The van der Waals surface area contributed by atoms with Crippen molar-refractivity contribution in [3.63, 3.8) is 0 Å². The summed E-state index contributed by atoms with van der Waals surface area (Å²) < 4.78 is 36.7. The minimum Gasteiger partial charge on any atom is -0.567 e. The van der Waals surface area contributed by atoms with Gasteiger partial charge in [-0.25, -0.2) is 4.79 Å². The molecule has 0 saturated heterocycles. The molecule has 0 unspecified atom stereocenters. The van der Waals surface area contributed by atoms with Crippen LogP contribution in [0.3, 0.4) is 0 Å². The highest BCUT2D eigenvalue weighted by atomic mass is 127. The number of carbonyl (C=O) groups is 1. The second-order valence-corrected chi connectivity index (χ2v) is 7.95. The van der Waals surface area contributed by atoms with Gasteiger partial charge < -0.3 is 27.7 Å². The molecule has 8 nitrogen and oxygen atoms in total. The molecule has 2 aromatic rings. The number of rotatable bonds is 13. The summed E-state index contributed by atoms with van der Waals surface area (Å²) in [5.74, 6) is 1.26. The van der Waals surface area contributed by atoms with Crippen LogP contribution in [-0.2, 0) is 7.80 Å². The molecule has 9 heteroatoms.